The van der Waals surface area contributed by atoms with E-state index in [4.69, 9.17) is 4.74 Å². The van der Waals surface area contributed by atoms with Gasteiger partial charge in [-0.3, -0.25) is 0 Å². The Kier molecular flexibility index (Phi) is 2.68. The molecule has 0 radical (unpaired) electrons. The highest BCUT2D eigenvalue weighted by Crippen LogP contribution is 2.40. The average Bonchev–Trinajstić information content (AvgIpc) is 2.37. The molecule has 3 rings (SSSR count). The second-order valence-electron chi connectivity index (χ2n) is 4.62. The summed E-state index contributed by atoms with van der Waals surface area (Å²) in [7, 11) is 0. The van der Waals surface area contributed by atoms with Crippen LogP contribution in [0.5, 0.6) is 28.7 Å². The molecule has 2 aromatic carbocycles. The maximum atomic E-state index is 9.85. The molecule has 0 aromatic heterocycles. The number of hydrogen-bond acceptors (Lipinski definition) is 5. The summed E-state index contributed by atoms with van der Waals surface area (Å²) in [6, 6.07) is 6.89. The molecule has 0 fully saturated rings. The molecule has 5 heteroatoms. The van der Waals surface area contributed by atoms with Crippen molar-refractivity contribution in [2.24, 2.45) is 0 Å². The third-order valence-corrected chi connectivity index (χ3v) is 3.14. The van der Waals surface area contributed by atoms with Crippen LogP contribution >= 0.6 is 0 Å². The minimum absolute atomic E-state index is 0.0541. The molecular formula is C15H12O5. The van der Waals surface area contributed by atoms with Gasteiger partial charge in [-0.2, -0.15) is 0 Å². The van der Waals surface area contributed by atoms with Crippen LogP contribution in [0.15, 0.2) is 36.6 Å². The van der Waals surface area contributed by atoms with Gasteiger partial charge in [0.05, 0.1) is 6.26 Å². The number of ether oxygens (including phenoxy) is 1. The SMILES string of the molecule is Oc1cc(O)cc(C2=COc3cc(O)cc(O)c3C2)c1. The van der Waals surface area contributed by atoms with Crippen LogP contribution in [0.25, 0.3) is 5.57 Å². The Bertz CT molecular complexity index is 698. The van der Waals surface area contributed by atoms with Crippen molar-refractivity contribution in [2.75, 3.05) is 0 Å². The first-order valence-corrected chi connectivity index (χ1v) is 5.97. The van der Waals surface area contributed by atoms with Crippen LogP contribution in [0.2, 0.25) is 0 Å². The van der Waals surface area contributed by atoms with Crippen molar-refractivity contribution >= 4 is 5.57 Å². The van der Waals surface area contributed by atoms with Crippen molar-refractivity contribution in [3.8, 4) is 28.7 Å². The van der Waals surface area contributed by atoms with E-state index in [9.17, 15) is 20.4 Å². The highest BCUT2D eigenvalue weighted by atomic mass is 16.5. The van der Waals surface area contributed by atoms with Gasteiger partial charge in [0.25, 0.3) is 0 Å². The van der Waals surface area contributed by atoms with Crippen LogP contribution in [0.4, 0.5) is 0 Å². The summed E-state index contributed by atoms with van der Waals surface area (Å²) in [6.07, 6.45) is 1.83. The standard InChI is InChI=1S/C15H12O5/c16-10-1-8(2-11(17)4-10)9-3-13-14(19)5-12(18)6-15(13)20-7-9/h1-2,4-7,16-19H,3H2. The number of benzene rings is 2. The summed E-state index contributed by atoms with van der Waals surface area (Å²) in [5.41, 5.74) is 1.84. The summed E-state index contributed by atoms with van der Waals surface area (Å²) in [5.74, 6) is 0.141. The number of fused-ring (bicyclic) bond motifs is 1. The van der Waals surface area contributed by atoms with Crippen LogP contribution < -0.4 is 4.74 Å². The van der Waals surface area contributed by atoms with Gasteiger partial charge in [0.1, 0.15) is 28.7 Å². The predicted molar refractivity (Wildman–Crippen MR) is 71.9 cm³/mol. The Morgan fingerprint density at radius 1 is 0.800 bits per heavy atom. The van der Waals surface area contributed by atoms with E-state index in [0.29, 0.717) is 28.9 Å². The first kappa shape index (κ1) is 12.2. The lowest BCUT2D eigenvalue weighted by Gasteiger charge is -2.19. The van der Waals surface area contributed by atoms with E-state index in [0.717, 1.165) is 0 Å². The number of aromatic hydroxyl groups is 4. The van der Waals surface area contributed by atoms with Crippen LogP contribution in [0.3, 0.4) is 0 Å². The van der Waals surface area contributed by atoms with Crippen molar-refractivity contribution in [3.05, 3.63) is 47.7 Å². The summed E-state index contributed by atoms with van der Waals surface area (Å²) >= 11 is 0. The molecular weight excluding hydrogens is 260 g/mol. The second kappa shape index (κ2) is 4.38. The van der Waals surface area contributed by atoms with Gasteiger partial charge in [-0.1, -0.05) is 0 Å². The third kappa shape index (κ3) is 2.09. The first-order valence-electron chi connectivity index (χ1n) is 5.97. The maximum absolute atomic E-state index is 9.85. The van der Waals surface area contributed by atoms with E-state index in [2.05, 4.69) is 0 Å². The topological polar surface area (TPSA) is 90.2 Å². The molecule has 0 saturated heterocycles. The molecule has 0 unspecified atom stereocenters. The van der Waals surface area contributed by atoms with E-state index in [-0.39, 0.29) is 23.0 Å². The third-order valence-electron chi connectivity index (χ3n) is 3.14. The molecule has 102 valence electrons. The van der Waals surface area contributed by atoms with Crippen LogP contribution in [-0.2, 0) is 6.42 Å². The van der Waals surface area contributed by atoms with E-state index in [1.165, 1.54) is 36.6 Å². The lowest BCUT2D eigenvalue weighted by atomic mass is 9.96. The summed E-state index contributed by atoms with van der Waals surface area (Å²) in [6.45, 7) is 0. The van der Waals surface area contributed by atoms with Crippen molar-refractivity contribution in [1.82, 2.24) is 0 Å². The fourth-order valence-electron chi connectivity index (χ4n) is 2.22. The number of allylic oxidation sites excluding steroid dienone is 1. The Labute approximate surface area is 114 Å². The summed E-state index contributed by atoms with van der Waals surface area (Å²) in [5, 5.41) is 38.2. The number of rotatable bonds is 1. The molecule has 20 heavy (non-hydrogen) atoms. The van der Waals surface area contributed by atoms with E-state index < -0.39 is 0 Å². The Morgan fingerprint density at radius 3 is 2.15 bits per heavy atom. The van der Waals surface area contributed by atoms with E-state index in [1.807, 2.05) is 0 Å². The second-order valence-corrected chi connectivity index (χ2v) is 4.62. The molecule has 5 nitrogen and oxygen atoms in total. The number of phenols is 4. The van der Waals surface area contributed by atoms with Crippen LogP contribution in [-0.4, -0.2) is 20.4 Å². The predicted octanol–water partition coefficient (Wildman–Crippen LogP) is 2.49. The van der Waals surface area contributed by atoms with E-state index >= 15 is 0 Å². The zero-order chi connectivity index (χ0) is 14.3. The largest absolute Gasteiger partial charge is 0.508 e. The minimum atomic E-state index is -0.0758. The molecule has 4 N–H and O–H groups in total. The molecule has 2 aromatic rings. The van der Waals surface area contributed by atoms with Crippen molar-refractivity contribution < 1.29 is 25.2 Å². The monoisotopic (exact) mass is 272 g/mol. The van der Waals surface area contributed by atoms with Gasteiger partial charge in [-0.15, -0.1) is 0 Å². The molecule has 1 heterocycles. The molecule has 0 amide bonds. The highest BCUT2D eigenvalue weighted by Gasteiger charge is 2.19. The number of hydrogen-bond donors (Lipinski definition) is 4. The van der Waals surface area contributed by atoms with Gasteiger partial charge < -0.3 is 25.2 Å². The van der Waals surface area contributed by atoms with Crippen molar-refractivity contribution in [3.63, 3.8) is 0 Å². The van der Waals surface area contributed by atoms with Crippen LogP contribution in [0, 0.1) is 0 Å². The van der Waals surface area contributed by atoms with Crippen LogP contribution in [0.1, 0.15) is 11.1 Å². The Hall–Kier alpha value is -2.82. The highest BCUT2D eigenvalue weighted by molar-refractivity contribution is 5.73. The maximum Gasteiger partial charge on any atom is 0.137 e. The minimum Gasteiger partial charge on any atom is -0.508 e. The van der Waals surface area contributed by atoms with Gasteiger partial charge in [-0.25, -0.2) is 0 Å². The number of phenolic OH excluding ortho intramolecular Hbond substituents is 4. The van der Waals surface area contributed by atoms with Gasteiger partial charge in [-0.05, 0) is 23.3 Å². The van der Waals surface area contributed by atoms with Gasteiger partial charge in [0, 0.05) is 30.2 Å². The Morgan fingerprint density at radius 2 is 1.45 bits per heavy atom. The normalized spacial score (nSPS) is 13.3. The van der Waals surface area contributed by atoms with Crippen molar-refractivity contribution in [2.45, 2.75) is 6.42 Å². The van der Waals surface area contributed by atoms with Gasteiger partial charge >= 0.3 is 0 Å². The fraction of sp³-hybridized carbons (Fsp3) is 0.0667. The molecule has 0 spiro atoms. The van der Waals surface area contributed by atoms with Crippen molar-refractivity contribution in [1.29, 1.82) is 0 Å². The molecule has 1 aliphatic heterocycles. The molecule has 0 aliphatic carbocycles. The lowest BCUT2D eigenvalue weighted by Crippen LogP contribution is -2.02. The summed E-state index contributed by atoms with van der Waals surface area (Å²) < 4.78 is 5.39. The first-order chi connectivity index (χ1) is 9.52. The summed E-state index contributed by atoms with van der Waals surface area (Å²) in [4.78, 5) is 0. The Balaban J connectivity index is 2.01. The van der Waals surface area contributed by atoms with Gasteiger partial charge in [0.2, 0.25) is 0 Å². The zero-order valence-electron chi connectivity index (χ0n) is 10.4. The van der Waals surface area contributed by atoms with E-state index in [1.54, 1.807) is 0 Å². The van der Waals surface area contributed by atoms with Gasteiger partial charge in [0.15, 0.2) is 0 Å². The zero-order valence-corrected chi connectivity index (χ0v) is 10.4. The fourth-order valence-corrected chi connectivity index (χ4v) is 2.22. The quantitative estimate of drug-likeness (QED) is 0.640. The molecule has 0 bridgehead atoms. The average molecular weight is 272 g/mol. The lowest BCUT2D eigenvalue weighted by molar-refractivity contribution is 0.419. The molecule has 0 saturated carbocycles. The molecule has 0 atom stereocenters. The molecule has 1 aliphatic rings. The smallest absolute Gasteiger partial charge is 0.137 e.